The molecule has 3 N–H and O–H groups in total. The highest BCUT2D eigenvalue weighted by Crippen LogP contribution is 2.30. The van der Waals surface area contributed by atoms with Gasteiger partial charge in [-0.25, -0.2) is 0 Å². The molecule has 0 saturated heterocycles. The molecule has 0 heterocycles. The summed E-state index contributed by atoms with van der Waals surface area (Å²) in [4.78, 5) is 12.1. The maximum atomic E-state index is 12.1. The molecule has 0 aromatic heterocycles. The van der Waals surface area contributed by atoms with Crippen LogP contribution in [0.25, 0.3) is 0 Å². The molecule has 110 valence electrons. The first-order valence-corrected chi connectivity index (χ1v) is 8.11. The Kier molecular flexibility index (Phi) is 5.26. The van der Waals surface area contributed by atoms with E-state index in [0.29, 0.717) is 18.4 Å². The van der Waals surface area contributed by atoms with Gasteiger partial charge in [-0.1, -0.05) is 20.3 Å². The summed E-state index contributed by atoms with van der Waals surface area (Å²) in [5.41, 5.74) is 6.03. The fourth-order valence-corrected chi connectivity index (χ4v) is 3.77. The van der Waals surface area contributed by atoms with Crippen molar-refractivity contribution in [1.29, 1.82) is 0 Å². The second kappa shape index (κ2) is 6.74. The van der Waals surface area contributed by atoms with E-state index in [1.165, 1.54) is 19.3 Å². The van der Waals surface area contributed by atoms with Crippen LogP contribution in [0.1, 0.15) is 65.2 Å². The smallest absolute Gasteiger partial charge is 0.220 e. The summed E-state index contributed by atoms with van der Waals surface area (Å²) in [6.45, 7) is 4.62. The Morgan fingerprint density at radius 2 is 1.84 bits per heavy atom. The highest BCUT2D eigenvalue weighted by atomic mass is 16.1. The van der Waals surface area contributed by atoms with Gasteiger partial charge in [-0.3, -0.25) is 4.79 Å². The van der Waals surface area contributed by atoms with Crippen LogP contribution in [0.5, 0.6) is 0 Å². The molecule has 2 rings (SSSR count). The molecule has 0 aromatic rings. The largest absolute Gasteiger partial charge is 0.353 e. The fourth-order valence-electron chi connectivity index (χ4n) is 3.77. The number of hydrogen-bond acceptors (Lipinski definition) is 2. The quantitative estimate of drug-likeness (QED) is 0.822. The summed E-state index contributed by atoms with van der Waals surface area (Å²) in [6, 6.07) is 0.669. The Bertz CT molecular complexity index is 295. The van der Waals surface area contributed by atoms with Gasteiger partial charge in [0, 0.05) is 18.5 Å². The molecule has 0 bridgehead atoms. The Balaban J connectivity index is 1.69. The molecule has 0 spiro atoms. The molecule has 2 aliphatic carbocycles. The van der Waals surface area contributed by atoms with Crippen molar-refractivity contribution >= 4 is 5.91 Å². The molecule has 0 radical (unpaired) electrons. The van der Waals surface area contributed by atoms with Crippen LogP contribution in [-0.4, -0.2) is 18.0 Å². The van der Waals surface area contributed by atoms with Crippen LogP contribution in [0.4, 0.5) is 0 Å². The minimum atomic E-state index is 0.232. The van der Waals surface area contributed by atoms with Crippen molar-refractivity contribution in [3.05, 3.63) is 0 Å². The van der Waals surface area contributed by atoms with Crippen LogP contribution < -0.4 is 11.1 Å². The predicted molar refractivity (Wildman–Crippen MR) is 78.7 cm³/mol. The van der Waals surface area contributed by atoms with Gasteiger partial charge in [0.15, 0.2) is 0 Å². The summed E-state index contributed by atoms with van der Waals surface area (Å²) in [5, 5.41) is 3.23. The number of rotatable bonds is 4. The van der Waals surface area contributed by atoms with Gasteiger partial charge < -0.3 is 11.1 Å². The van der Waals surface area contributed by atoms with E-state index >= 15 is 0 Å². The zero-order chi connectivity index (χ0) is 13.8. The summed E-state index contributed by atoms with van der Waals surface area (Å²) in [6.07, 6.45) is 8.92. The lowest BCUT2D eigenvalue weighted by atomic mass is 9.79. The SMILES string of the molecule is CC(C)C1CCC(NC(=O)C[C@@H]2CCC[C@H]2N)CC1. The van der Waals surface area contributed by atoms with Gasteiger partial charge in [0.2, 0.25) is 5.91 Å². The minimum absolute atomic E-state index is 0.232. The van der Waals surface area contributed by atoms with E-state index < -0.39 is 0 Å². The standard InChI is InChI=1S/C16H30N2O/c1-11(2)12-6-8-14(9-7-12)18-16(19)10-13-4-3-5-15(13)17/h11-15H,3-10,17H2,1-2H3,(H,18,19)/t12?,13-,14?,15+/m0/s1. The first-order chi connectivity index (χ1) is 9.06. The summed E-state index contributed by atoms with van der Waals surface area (Å²) >= 11 is 0. The average molecular weight is 266 g/mol. The van der Waals surface area contributed by atoms with Crippen molar-refractivity contribution in [2.45, 2.75) is 77.3 Å². The lowest BCUT2D eigenvalue weighted by Gasteiger charge is -2.31. The maximum absolute atomic E-state index is 12.1. The zero-order valence-electron chi connectivity index (χ0n) is 12.5. The molecular weight excluding hydrogens is 236 g/mol. The third-order valence-corrected chi connectivity index (χ3v) is 5.25. The second-order valence-corrected chi connectivity index (χ2v) is 6.98. The predicted octanol–water partition coefficient (Wildman–Crippen LogP) is 2.83. The Morgan fingerprint density at radius 3 is 2.37 bits per heavy atom. The number of amides is 1. The van der Waals surface area contributed by atoms with Gasteiger partial charge in [0.05, 0.1) is 0 Å². The summed E-state index contributed by atoms with van der Waals surface area (Å²) < 4.78 is 0. The number of carbonyl (C=O) groups excluding carboxylic acids is 1. The normalized spacial score (nSPS) is 35.6. The van der Waals surface area contributed by atoms with Crippen molar-refractivity contribution < 1.29 is 4.79 Å². The molecule has 0 aromatic carbocycles. The molecule has 2 aliphatic rings. The van der Waals surface area contributed by atoms with Crippen molar-refractivity contribution in [1.82, 2.24) is 5.32 Å². The highest BCUT2D eigenvalue weighted by molar-refractivity contribution is 5.76. The first-order valence-electron chi connectivity index (χ1n) is 8.11. The second-order valence-electron chi connectivity index (χ2n) is 6.98. The Hall–Kier alpha value is -0.570. The molecule has 2 fully saturated rings. The van der Waals surface area contributed by atoms with Crippen LogP contribution >= 0.6 is 0 Å². The van der Waals surface area contributed by atoms with Crippen molar-refractivity contribution in [3.63, 3.8) is 0 Å². The van der Waals surface area contributed by atoms with Crippen molar-refractivity contribution in [3.8, 4) is 0 Å². The molecule has 2 saturated carbocycles. The van der Waals surface area contributed by atoms with Gasteiger partial charge in [-0.2, -0.15) is 0 Å². The lowest BCUT2D eigenvalue weighted by molar-refractivity contribution is -0.123. The molecule has 0 unspecified atom stereocenters. The molecular formula is C16H30N2O. The van der Waals surface area contributed by atoms with Crippen LogP contribution in [0.3, 0.4) is 0 Å². The fraction of sp³-hybridized carbons (Fsp3) is 0.938. The number of hydrogen-bond donors (Lipinski definition) is 2. The van der Waals surface area contributed by atoms with E-state index in [2.05, 4.69) is 19.2 Å². The molecule has 0 aliphatic heterocycles. The van der Waals surface area contributed by atoms with Crippen LogP contribution in [0.15, 0.2) is 0 Å². The Morgan fingerprint density at radius 1 is 1.16 bits per heavy atom. The van der Waals surface area contributed by atoms with E-state index in [9.17, 15) is 4.79 Å². The third-order valence-electron chi connectivity index (χ3n) is 5.25. The molecule has 3 nitrogen and oxygen atoms in total. The van der Waals surface area contributed by atoms with Gasteiger partial charge in [0.25, 0.3) is 0 Å². The van der Waals surface area contributed by atoms with Gasteiger partial charge >= 0.3 is 0 Å². The topological polar surface area (TPSA) is 55.1 Å². The van der Waals surface area contributed by atoms with Crippen LogP contribution in [-0.2, 0) is 4.79 Å². The van der Waals surface area contributed by atoms with E-state index in [1.54, 1.807) is 0 Å². The average Bonchev–Trinajstić information content (AvgIpc) is 2.75. The van der Waals surface area contributed by atoms with Crippen molar-refractivity contribution in [2.75, 3.05) is 0 Å². The lowest BCUT2D eigenvalue weighted by Crippen LogP contribution is -2.40. The van der Waals surface area contributed by atoms with E-state index in [4.69, 9.17) is 5.73 Å². The van der Waals surface area contributed by atoms with Crippen molar-refractivity contribution in [2.24, 2.45) is 23.5 Å². The van der Waals surface area contributed by atoms with Gasteiger partial charge in [-0.15, -0.1) is 0 Å². The third kappa shape index (κ3) is 4.20. The summed E-state index contributed by atoms with van der Waals surface area (Å²) in [5.74, 6) is 2.30. The van der Waals surface area contributed by atoms with E-state index in [1.807, 2.05) is 0 Å². The molecule has 1 amide bonds. The maximum Gasteiger partial charge on any atom is 0.220 e. The van der Waals surface area contributed by atoms with E-state index in [-0.39, 0.29) is 11.9 Å². The van der Waals surface area contributed by atoms with Crippen LogP contribution in [0, 0.1) is 17.8 Å². The summed E-state index contributed by atoms with van der Waals surface area (Å²) in [7, 11) is 0. The molecule has 19 heavy (non-hydrogen) atoms. The Labute approximate surface area is 117 Å². The first kappa shape index (κ1) is 14.8. The number of nitrogens with one attached hydrogen (secondary N) is 1. The zero-order valence-corrected chi connectivity index (χ0v) is 12.5. The number of carbonyl (C=O) groups is 1. The monoisotopic (exact) mass is 266 g/mol. The van der Waals surface area contributed by atoms with E-state index in [0.717, 1.165) is 37.5 Å². The molecule has 3 heteroatoms. The highest BCUT2D eigenvalue weighted by Gasteiger charge is 2.28. The van der Waals surface area contributed by atoms with Gasteiger partial charge in [0.1, 0.15) is 0 Å². The minimum Gasteiger partial charge on any atom is -0.353 e. The molecule has 2 atom stereocenters. The van der Waals surface area contributed by atoms with Crippen LogP contribution in [0.2, 0.25) is 0 Å². The van der Waals surface area contributed by atoms with Gasteiger partial charge in [-0.05, 0) is 56.3 Å². The number of nitrogens with two attached hydrogens (primary N) is 1.